The molecule has 2 aliphatic heterocycles. The average molecular weight is 198 g/mol. The maximum absolute atomic E-state index is 4.16. The monoisotopic (exact) mass is 197 g/mol. The molecule has 4 heteroatoms. The molecule has 0 saturated heterocycles. The van der Waals surface area contributed by atoms with Gasteiger partial charge in [-0.15, -0.1) is 0 Å². The fourth-order valence-electron chi connectivity index (χ4n) is 0.858. The number of rotatable bonds is 0. The van der Waals surface area contributed by atoms with Crippen LogP contribution in [0.3, 0.4) is 0 Å². The molecular weight excluding hydrogens is 194 g/mol. The maximum Gasteiger partial charge on any atom is 0.181 e. The lowest BCUT2D eigenvalue weighted by atomic mass is 10.3. The molecule has 50 valence electrons. The normalized spacial score (nSPS) is 27.9. The number of hydrogen-bond acceptors (Lipinski definition) is 3. The van der Waals surface area contributed by atoms with E-state index in [2.05, 4.69) is 30.9 Å². The molecule has 0 aliphatic carbocycles. The van der Waals surface area contributed by atoms with Crippen LogP contribution in [0.1, 0.15) is 0 Å². The fraction of sp³-hybridized carbons (Fsp3) is 0.167. The smallest absolute Gasteiger partial charge is 0.181 e. The second-order valence-electron chi connectivity index (χ2n) is 1.98. The number of hydrogen-bond donors (Lipinski definition) is 0. The van der Waals surface area contributed by atoms with Gasteiger partial charge in [0.25, 0.3) is 0 Å². The van der Waals surface area contributed by atoms with Crippen LogP contribution >= 0.6 is 15.9 Å². The van der Waals surface area contributed by atoms with Gasteiger partial charge in [-0.25, -0.2) is 4.99 Å². The molecule has 2 rings (SSSR count). The summed E-state index contributed by atoms with van der Waals surface area (Å²) in [6.45, 7) is 0. The van der Waals surface area contributed by atoms with Gasteiger partial charge in [0, 0.05) is 6.21 Å². The summed E-state index contributed by atoms with van der Waals surface area (Å²) in [5.74, 6) is 0. The zero-order valence-corrected chi connectivity index (χ0v) is 6.62. The summed E-state index contributed by atoms with van der Waals surface area (Å²) in [5.41, 5.74) is 0.911. The van der Waals surface area contributed by atoms with Crippen molar-refractivity contribution in [1.29, 1.82) is 0 Å². The first kappa shape index (κ1) is 5.97. The lowest BCUT2D eigenvalue weighted by molar-refractivity contribution is 0.832. The number of nitrogens with zero attached hydrogens (tertiary/aromatic N) is 3. The van der Waals surface area contributed by atoms with E-state index < -0.39 is 0 Å². The molecule has 1 atom stereocenters. The summed E-state index contributed by atoms with van der Waals surface area (Å²) in [4.78, 5) is 12.3. The molecule has 0 radical (unpaired) electrons. The van der Waals surface area contributed by atoms with Crippen LogP contribution in [0.2, 0.25) is 0 Å². The van der Waals surface area contributed by atoms with Crippen LogP contribution in [-0.2, 0) is 0 Å². The topological polar surface area (TPSA) is 37.1 Å². The second-order valence-corrected chi connectivity index (χ2v) is 2.79. The van der Waals surface area contributed by atoms with Crippen LogP contribution < -0.4 is 0 Å². The molecule has 10 heavy (non-hydrogen) atoms. The Morgan fingerprint density at radius 1 is 1.40 bits per heavy atom. The predicted molar refractivity (Wildman–Crippen MR) is 45.2 cm³/mol. The van der Waals surface area contributed by atoms with Crippen LogP contribution in [0.5, 0.6) is 0 Å². The van der Waals surface area contributed by atoms with Crippen molar-refractivity contribution in [3.8, 4) is 0 Å². The van der Waals surface area contributed by atoms with Gasteiger partial charge < -0.3 is 0 Å². The molecule has 0 aromatic rings. The van der Waals surface area contributed by atoms with Crippen molar-refractivity contribution in [2.24, 2.45) is 15.0 Å². The highest BCUT2D eigenvalue weighted by atomic mass is 79.9. The summed E-state index contributed by atoms with van der Waals surface area (Å²) >= 11 is 3.23. The lowest BCUT2D eigenvalue weighted by Gasteiger charge is -2.06. The van der Waals surface area contributed by atoms with Gasteiger partial charge in [0.15, 0.2) is 6.17 Å². The van der Waals surface area contributed by atoms with E-state index in [0.717, 1.165) is 10.3 Å². The van der Waals surface area contributed by atoms with E-state index in [1.54, 1.807) is 12.4 Å². The van der Waals surface area contributed by atoms with Gasteiger partial charge in [0.1, 0.15) is 4.62 Å². The highest BCUT2D eigenvalue weighted by Gasteiger charge is 2.16. The minimum Gasteiger partial charge on any atom is -0.260 e. The van der Waals surface area contributed by atoms with Gasteiger partial charge in [0.05, 0.1) is 11.9 Å². The first-order chi connectivity index (χ1) is 4.86. The van der Waals surface area contributed by atoms with Crippen molar-refractivity contribution in [3.05, 3.63) is 11.8 Å². The first-order valence-electron chi connectivity index (χ1n) is 2.87. The van der Waals surface area contributed by atoms with E-state index in [1.807, 2.05) is 6.08 Å². The van der Waals surface area contributed by atoms with E-state index >= 15 is 0 Å². The second kappa shape index (κ2) is 2.12. The molecular formula is C6H4BrN3. The zero-order valence-electron chi connectivity index (χ0n) is 5.03. The van der Waals surface area contributed by atoms with Crippen LogP contribution in [0, 0.1) is 0 Å². The van der Waals surface area contributed by atoms with Crippen molar-refractivity contribution in [2.45, 2.75) is 6.17 Å². The molecule has 2 aliphatic rings. The van der Waals surface area contributed by atoms with Gasteiger partial charge in [-0.1, -0.05) is 0 Å². The van der Waals surface area contributed by atoms with Crippen LogP contribution in [0.15, 0.2) is 26.8 Å². The predicted octanol–water partition coefficient (Wildman–Crippen LogP) is 1.16. The molecule has 0 bridgehead atoms. The first-order valence-corrected chi connectivity index (χ1v) is 3.66. The molecule has 0 aromatic carbocycles. The molecule has 0 N–H and O–H groups in total. The Morgan fingerprint density at radius 3 is 3.20 bits per heavy atom. The van der Waals surface area contributed by atoms with Crippen LogP contribution in [-0.4, -0.2) is 23.2 Å². The van der Waals surface area contributed by atoms with Gasteiger partial charge >= 0.3 is 0 Å². The number of fused-ring (bicyclic) bond motifs is 1. The zero-order chi connectivity index (χ0) is 6.97. The third-order valence-corrected chi connectivity index (χ3v) is 1.68. The Bertz CT molecular complexity index is 275. The van der Waals surface area contributed by atoms with Crippen molar-refractivity contribution in [3.63, 3.8) is 0 Å². The number of halogens is 1. The third kappa shape index (κ3) is 0.844. The highest BCUT2D eigenvalue weighted by molar-refractivity contribution is 9.19. The Labute approximate surface area is 66.4 Å². The Kier molecular flexibility index (Phi) is 1.27. The van der Waals surface area contributed by atoms with E-state index in [0.29, 0.717) is 0 Å². The van der Waals surface area contributed by atoms with Gasteiger partial charge in [0.2, 0.25) is 0 Å². The van der Waals surface area contributed by atoms with Crippen molar-refractivity contribution in [2.75, 3.05) is 0 Å². The number of aliphatic imine (C=N–C) groups is 3. The third-order valence-electron chi connectivity index (χ3n) is 1.30. The largest absolute Gasteiger partial charge is 0.260 e. The molecule has 2 heterocycles. The summed E-state index contributed by atoms with van der Waals surface area (Å²) in [7, 11) is 0. The standard InChI is InChI=1S/C6H4BrN3/c7-5-3-9-6-4(10-5)1-2-8-6/h1-3,6H/t6-/m0/s1. The molecule has 0 aromatic heterocycles. The van der Waals surface area contributed by atoms with E-state index in [9.17, 15) is 0 Å². The maximum atomic E-state index is 4.16. The highest BCUT2D eigenvalue weighted by Crippen LogP contribution is 2.17. The van der Waals surface area contributed by atoms with Crippen molar-refractivity contribution in [1.82, 2.24) is 0 Å². The van der Waals surface area contributed by atoms with Gasteiger partial charge in [-0.3, -0.25) is 9.98 Å². The molecule has 0 saturated carbocycles. The van der Waals surface area contributed by atoms with E-state index in [1.165, 1.54) is 0 Å². The van der Waals surface area contributed by atoms with Crippen molar-refractivity contribution < 1.29 is 0 Å². The average Bonchev–Trinajstić information content (AvgIpc) is 2.33. The summed E-state index contributed by atoms with van der Waals surface area (Å²) in [6.07, 6.45) is 5.20. The van der Waals surface area contributed by atoms with Gasteiger partial charge in [-0.2, -0.15) is 0 Å². The van der Waals surface area contributed by atoms with E-state index in [-0.39, 0.29) is 6.17 Å². The molecule has 0 amide bonds. The summed E-state index contributed by atoms with van der Waals surface area (Å²) in [6, 6.07) is 0. The quantitative estimate of drug-likeness (QED) is 0.560. The number of allylic oxidation sites excluding steroid dienone is 1. The molecule has 0 unspecified atom stereocenters. The minimum atomic E-state index is -0.0682. The van der Waals surface area contributed by atoms with Crippen molar-refractivity contribution >= 4 is 33.0 Å². The molecule has 3 nitrogen and oxygen atoms in total. The Morgan fingerprint density at radius 2 is 2.30 bits per heavy atom. The van der Waals surface area contributed by atoms with Gasteiger partial charge in [-0.05, 0) is 22.0 Å². The lowest BCUT2D eigenvalue weighted by Crippen LogP contribution is -2.08. The Balaban J connectivity index is 2.39. The minimum absolute atomic E-state index is 0.0682. The fourth-order valence-corrected chi connectivity index (χ4v) is 1.18. The Hall–Kier alpha value is -0.770. The summed E-state index contributed by atoms with van der Waals surface area (Å²) in [5, 5.41) is 0. The summed E-state index contributed by atoms with van der Waals surface area (Å²) < 4.78 is 0.764. The molecule has 0 spiro atoms. The van der Waals surface area contributed by atoms with E-state index in [4.69, 9.17) is 0 Å². The SMILES string of the molecule is BrC1=NC2=CC=N[C@H]2N=C1. The van der Waals surface area contributed by atoms with Crippen LogP contribution in [0.4, 0.5) is 0 Å². The molecule has 0 fully saturated rings. The van der Waals surface area contributed by atoms with Crippen LogP contribution in [0.25, 0.3) is 0 Å².